The van der Waals surface area contributed by atoms with E-state index in [1.54, 1.807) is 24.3 Å². The van der Waals surface area contributed by atoms with Crippen LogP contribution in [-0.4, -0.2) is 23.6 Å². The highest BCUT2D eigenvalue weighted by molar-refractivity contribution is 6.30. The second-order valence-corrected chi connectivity index (χ2v) is 5.71. The van der Waals surface area contributed by atoms with E-state index in [0.29, 0.717) is 17.1 Å². The zero-order valence-electron chi connectivity index (χ0n) is 11.6. The van der Waals surface area contributed by atoms with Gasteiger partial charge in [0, 0.05) is 17.1 Å². The number of hydrogen-bond acceptors (Lipinski definition) is 2. The molecular weight excluding hydrogens is 289 g/mol. The molecule has 1 heterocycles. The average Bonchev–Trinajstić information content (AvgIpc) is 2.83. The van der Waals surface area contributed by atoms with Crippen LogP contribution in [0.2, 0.25) is 5.02 Å². The number of phenolic OH excluding ortho intramolecular Hbond substituents is 1. The fourth-order valence-electron chi connectivity index (χ4n) is 2.72. The van der Waals surface area contributed by atoms with Gasteiger partial charge in [-0.1, -0.05) is 29.8 Å². The highest BCUT2D eigenvalue weighted by atomic mass is 35.5. The normalized spacial score (nSPS) is 18.8. The molecule has 0 fully saturated rings. The number of rotatable bonds is 2. The quantitative estimate of drug-likeness (QED) is 0.896. The van der Waals surface area contributed by atoms with E-state index in [0.717, 1.165) is 11.1 Å². The third-order valence-electron chi connectivity index (χ3n) is 3.74. The molecule has 0 bridgehead atoms. The van der Waals surface area contributed by atoms with Crippen LogP contribution in [-0.2, 0) is 0 Å². The smallest absolute Gasteiger partial charge is 0.130 e. The molecule has 2 aromatic rings. The van der Waals surface area contributed by atoms with Crippen molar-refractivity contribution in [1.29, 1.82) is 0 Å². The maximum Gasteiger partial charge on any atom is 0.130 e. The van der Waals surface area contributed by atoms with E-state index in [1.165, 1.54) is 6.07 Å². The summed E-state index contributed by atoms with van der Waals surface area (Å²) >= 11 is 5.97. The van der Waals surface area contributed by atoms with E-state index in [2.05, 4.69) is 4.90 Å². The first kappa shape index (κ1) is 14.1. The monoisotopic (exact) mass is 303 g/mol. The number of hydrogen-bond donors (Lipinski definition) is 1. The Balaban J connectivity index is 1.99. The van der Waals surface area contributed by atoms with Crippen LogP contribution in [0.25, 0.3) is 5.57 Å². The van der Waals surface area contributed by atoms with Crippen LogP contribution < -0.4 is 0 Å². The van der Waals surface area contributed by atoms with E-state index in [-0.39, 0.29) is 17.6 Å². The molecule has 0 saturated carbocycles. The van der Waals surface area contributed by atoms with E-state index in [4.69, 9.17) is 11.6 Å². The second-order valence-electron chi connectivity index (χ2n) is 5.27. The number of benzene rings is 2. The summed E-state index contributed by atoms with van der Waals surface area (Å²) in [7, 11) is 1.97. The van der Waals surface area contributed by atoms with Crippen LogP contribution in [0.15, 0.2) is 48.5 Å². The van der Waals surface area contributed by atoms with Crippen molar-refractivity contribution in [3.8, 4) is 5.75 Å². The van der Waals surface area contributed by atoms with Gasteiger partial charge in [0.1, 0.15) is 11.6 Å². The molecule has 0 aliphatic carbocycles. The van der Waals surface area contributed by atoms with Gasteiger partial charge >= 0.3 is 0 Å². The van der Waals surface area contributed by atoms with E-state index < -0.39 is 0 Å². The van der Waals surface area contributed by atoms with Crippen molar-refractivity contribution in [2.75, 3.05) is 13.6 Å². The molecule has 1 atom stereocenters. The lowest BCUT2D eigenvalue weighted by Gasteiger charge is -2.19. The summed E-state index contributed by atoms with van der Waals surface area (Å²) < 4.78 is 14.0. The summed E-state index contributed by atoms with van der Waals surface area (Å²) in [5.41, 5.74) is 2.43. The van der Waals surface area contributed by atoms with Crippen LogP contribution >= 0.6 is 11.6 Å². The first-order chi connectivity index (χ1) is 10.0. The van der Waals surface area contributed by atoms with Crippen molar-refractivity contribution in [2.24, 2.45) is 0 Å². The molecule has 1 aliphatic rings. The largest absolute Gasteiger partial charge is 0.508 e. The van der Waals surface area contributed by atoms with Gasteiger partial charge in [0.05, 0.1) is 6.04 Å². The van der Waals surface area contributed by atoms with E-state index >= 15 is 0 Å². The lowest BCUT2D eigenvalue weighted by atomic mass is 10.0. The van der Waals surface area contributed by atoms with Crippen molar-refractivity contribution in [3.05, 3.63) is 70.5 Å². The van der Waals surface area contributed by atoms with Gasteiger partial charge in [0.25, 0.3) is 0 Å². The fourth-order valence-corrected chi connectivity index (χ4v) is 2.89. The molecule has 0 aromatic heterocycles. The summed E-state index contributed by atoms with van der Waals surface area (Å²) in [6.07, 6.45) is 2.02. The van der Waals surface area contributed by atoms with E-state index in [9.17, 15) is 9.50 Å². The van der Waals surface area contributed by atoms with Gasteiger partial charge in [-0.3, -0.25) is 4.90 Å². The Morgan fingerprint density at radius 3 is 2.81 bits per heavy atom. The lowest BCUT2D eigenvalue weighted by molar-refractivity contribution is 0.341. The maximum absolute atomic E-state index is 14.0. The van der Waals surface area contributed by atoms with Gasteiger partial charge in [-0.25, -0.2) is 4.39 Å². The first-order valence-electron chi connectivity index (χ1n) is 6.70. The van der Waals surface area contributed by atoms with Gasteiger partial charge in [-0.15, -0.1) is 0 Å². The van der Waals surface area contributed by atoms with Gasteiger partial charge in [0.15, 0.2) is 0 Å². The molecule has 4 heteroatoms. The Morgan fingerprint density at radius 1 is 1.24 bits per heavy atom. The topological polar surface area (TPSA) is 23.5 Å². The van der Waals surface area contributed by atoms with Crippen molar-refractivity contribution in [1.82, 2.24) is 4.90 Å². The minimum atomic E-state index is -0.268. The molecule has 0 saturated heterocycles. The Bertz CT molecular complexity index is 714. The minimum absolute atomic E-state index is 0.0190. The SMILES string of the molecule is CN1CC(c2cc(Cl)ccc2F)=CC1c1cccc(O)c1. The molecular formula is C17H15ClFNO. The standard InChI is InChI=1S/C17H15ClFNO/c1-20-10-12(15-9-13(18)5-6-16(15)19)8-17(20)11-3-2-4-14(21)7-11/h2-9,17,21H,10H2,1H3. The van der Waals surface area contributed by atoms with Crippen molar-refractivity contribution >= 4 is 17.2 Å². The third-order valence-corrected chi connectivity index (χ3v) is 3.97. The Morgan fingerprint density at radius 2 is 2.05 bits per heavy atom. The van der Waals surface area contributed by atoms with Gasteiger partial charge < -0.3 is 5.11 Å². The summed E-state index contributed by atoms with van der Waals surface area (Å²) in [4.78, 5) is 2.10. The summed E-state index contributed by atoms with van der Waals surface area (Å²) in [5.74, 6) is -0.0349. The molecule has 2 nitrogen and oxygen atoms in total. The summed E-state index contributed by atoms with van der Waals surface area (Å²) in [6, 6.07) is 11.7. The molecule has 3 rings (SSSR count). The van der Waals surface area contributed by atoms with Crippen molar-refractivity contribution in [2.45, 2.75) is 6.04 Å². The minimum Gasteiger partial charge on any atom is -0.508 e. The Kier molecular flexibility index (Phi) is 3.70. The zero-order chi connectivity index (χ0) is 15.0. The molecule has 21 heavy (non-hydrogen) atoms. The number of phenols is 1. The average molecular weight is 304 g/mol. The molecule has 0 radical (unpaired) electrons. The van der Waals surface area contributed by atoms with Gasteiger partial charge in [-0.2, -0.15) is 0 Å². The third kappa shape index (κ3) is 2.80. The van der Waals surface area contributed by atoms with E-state index in [1.807, 2.05) is 25.3 Å². The molecule has 108 valence electrons. The summed E-state index contributed by atoms with van der Waals surface area (Å²) in [6.45, 7) is 0.636. The van der Waals surface area contributed by atoms with Gasteiger partial charge in [-0.05, 0) is 48.5 Å². The highest BCUT2D eigenvalue weighted by Crippen LogP contribution is 2.35. The number of nitrogens with zero attached hydrogens (tertiary/aromatic N) is 1. The van der Waals surface area contributed by atoms with Crippen LogP contribution in [0.5, 0.6) is 5.75 Å². The van der Waals surface area contributed by atoms with Crippen molar-refractivity contribution in [3.63, 3.8) is 0 Å². The Hall–Kier alpha value is -1.84. The lowest BCUT2D eigenvalue weighted by Crippen LogP contribution is -2.19. The predicted octanol–water partition coefficient (Wildman–Crippen LogP) is 4.25. The predicted molar refractivity (Wildman–Crippen MR) is 82.9 cm³/mol. The van der Waals surface area contributed by atoms with Crippen LogP contribution in [0.4, 0.5) is 4.39 Å². The van der Waals surface area contributed by atoms with Gasteiger partial charge in [0.2, 0.25) is 0 Å². The summed E-state index contributed by atoms with van der Waals surface area (Å²) in [5, 5.41) is 10.1. The molecule has 0 amide bonds. The molecule has 1 aliphatic heterocycles. The van der Waals surface area contributed by atoms with Crippen molar-refractivity contribution < 1.29 is 9.50 Å². The van der Waals surface area contributed by atoms with Crippen LogP contribution in [0.3, 0.4) is 0 Å². The molecule has 1 N–H and O–H groups in total. The molecule has 1 unspecified atom stereocenters. The molecule has 0 spiro atoms. The fraction of sp³-hybridized carbons (Fsp3) is 0.176. The zero-order valence-corrected chi connectivity index (χ0v) is 12.3. The highest BCUT2D eigenvalue weighted by Gasteiger charge is 2.25. The maximum atomic E-state index is 14.0. The molecule has 2 aromatic carbocycles. The number of likely N-dealkylation sites (N-methyl/N-ethyl adjacent to an activating group) is 1. The Labute approximate surface area is 128 Å². The number of aromatic hydroxyl groups is 1. The first-order valence-corrected chi connectivity index (χ1v) is 7.07. The number of halogens is 2. The van der Waals surface area contributed by atoms with Crippen LogP contribution in [0, 0.1) is 5.82 Å². The second kappa shape index (κ2) is 5.51. The van der Waals surface area contributed by atoms with Crippen LogP contribution in [0.1, 0.15) is 17.2 Å².